The highest BCUT2D eigenvalue weighted by Gasteiger charge is 1.92. The average molecular weight is 210 g/mol. The maximum Gasteiger partial charge on any atom is 0.171 e. The van der Waals surface area contributed by atoms with Crippen LogP contribution in [0.4, 0.5) is 5.69 Å². The minimum atomic E-state index is 0.0277. The molecule has 0 saturated heterocycles. The van der Waals surface area contributed by atoms with Gasteiger partial charge in [0.15, 0.2) is 6.29 Å². The largest absolute Gasteiger partial charge is 0.306 e. The summed E-state index contributed by atoms with van der Waals surface area (Å²) in [5.74, 6) is 0. The molecule has 0 bridgehead atoms. The molecule has 0 aromatic heterocycles. The van der Waals surface area contributed by atoms with Gasteiger partial charge in [-0.2, -0.15) is 5.10 Å². The summed E-state index contributed by atoms with van der Waals surface area (Å²) in [6.07, 6.45) is 1.37. The van der Waals surface area contributed by atoms with Gasteiger partial charge in [-0.3, -0.25) is 10.2 Å². The Bertz CT molecular complexity index is 349. The molecule has 1 rings (SSSR count). The molecule has 5 heteroatoms. The monoisotopic (exact) mass is 209 g/mol. The fraction of sp³-hybridized carbons (Fsp3) is 0. The second-order valence-corrected chi connectivity index (χ2v) is 2.85. The van der Waals surface area contributed by atoms with Crippen molar-refractivity contribution in [1.29, 1.82) is 5.41 Å². The summed E-state index contributed by atoms with van der Waals surface area (Å²) >= 11 is 5.67. The molecule has 0 aliphatic carbocycles. The van der Waals surface area contributed by atoms with Crippen molar-refractivity contribution in [2.24, 2.45) is 5.10 Å². The van der Waals surface area contributed by atoms with Crippen molar-refractivity contribution >= 4 is 35.5 Å². The Morgan fingerprint density at radius 2 is 2.07 bits per heavy atom. The molecule has 0 atom stereocenters. The summed E-state index contributed by atoms with van der Waals surface area (Å²) < 4.78 is 0. The Labute approximate surface area is 86.1 Å². The number of carbonyl (C=O) groups excluding carboxylic acids is 1. The van der Waals surface area contributed by atoms with Crippen LogP contribution in [-0.4, -0.2) is 18.2 Å². The molecule has 0 amide bonds. The van der Waals surface area contributed by atoms with E-state index in [0.29, 0.717) is 17.0 Å². The van der Waals surface area contributed by atoms with Gasteiger partial charge >= 0.3 is 0 Å². The van der Waals surface area contributed by atoms with E-state index in [1.54, 1.807) is 24.3 Å². The second-order valence-electron chi connectivity index (χ2n) is 2.42. The Morgan fingerprint density at radius 3 is 2.57 bits per heavy atom. The Balaban J connectivity index is 2.69. The molecule has 14 heavy (non-hydrogen) atoms. The number of hydrogen-bond acceptors (Lipinski definition) is 4. The maximum absolute atomic E-state index is 10.3. The smallest absolute Gasteiger partial charge is 0.171 e. The van der Waals surface area contributed by atoms with E-state index in [1.807, 2.05) is 0 Å². The van der Waals surface area contributed by atoms with Crippen molar-refractivity contribution in [2.75, 3.05) is 5.43 Å². The predicted molar refractivity (Wildman–Crippen MR) is 57.4 cm³/mol. The zero-order chi connectivity index (χ0) is 10.4. The number of aldehydes is 1. The Hall–Kier alpha value is -1.68. The molecule has 0 aliphatic rings. The van der Waals surface area contributed by atoms with Crippen LogP contribution < -0.4 is 5.43 Å². The van der Waals surface area contributed by atoms with Crippen molar-refractivity contribution < 1.29 is 4.79 Å². The van der Waals surface area contributed by atoms with Crippen molar-refractivity contribution in [3.05, 3.63) is 29.3 Å². The number of carbonyl (C=O) groups is 1. The lowest BCUT2D eigenvalue weighted by molar-refractivity contribution is -0.102. The normalized spacial score (nSPS) is 10.8. The number of benzene rings is 1. The highest BCUT2D eigenvalue weighted by Crippen LogP contribution is 2.12. The van der Waals surface area contributed by atoms with Gasteiger partial charge in [0.2, 0.25) is 0 Å². The fourth-order valence-electron chi connectivity index (χ4n) is 0.746. The van der Waals surface area contributed by atoms with E-state index in [1.165, 1.54) is 0 Å². The standard InChI is InChI=1S/C9H8ClN3O/c10-7-1-3-8(4-2-7)12-13-9(5-11)6-14/h1-6,11-12H/b11-5?,13-9+. The molecule has 0 heterocycles. The first kappa shape index (κ1) is 10.4. The molecular weight excluding hydrogens is 202 g/mol. The van der Waals surface area contributed by atoms with Crippen LogP contribution >= 0.6 is 11.6 Å². The van der Waals surface area contributed by atoms with Crippen LogP contribution in [0.5, 0.6) is 0 Å². The van der Waals surface area contributed by atoms with Crippen LogP contribution in [0.1, 0.15) is 0 Å². The zero-order valence-corrected chi connectivity index (χ0v) is 7.95. The number of rotatable bonds is 4. The predicted octanol–water partition coefficient (Wildman–Crippen LogP) is 1.96. The van der Waals surface area contributed by atoms with Gasteiger partial charge in [0, 0.05) is 11.2 Å². The van der Waals surface area contributed by atoms with Crippen LogP contribution in [-0.2, 0) is 4.79 Å². The van der Waals surface area contributed by atoms with Crippen LogP contribution in [0.3, 0.4) is 0 Å². The van der Waals surface area contributed by atoms with Crippen LogP contribution in [0.15, 0.2) is 29.4 Å². The molecule has 0 fully saturated rings. The van der Waals surface area contributed by atoms with E-state index in [-0.39, 0.29) is 5.71 Å². The summed E-state index contributed by atoms with van der Waals surface area (Å²) in [5, 5.41) is 11.1. The zero-order valence-electron chi connectivity index (χ0n) is 7.20. The molecule has 0 radical (unpaired) electrons. The lowest BCUT2D eigenvalue weighted by Crippen LogP contribution is -2.04. The number of halogens is 1. The van der Waals surface area contributed by atoms with Crippen molar-refractivity contribution in [2.45, 2.75) is 0 Å². The second kappa shape index (κ2) is 5.14. The molecule has 4 nitrogen and oxygen atoms in total. The van der Waals surface area contributed by atoms with E-state index in [0.717, 1.165) is 6.21 Å². The number of nitrogens with zero attached hydrogens (tertiary/aromatic N) is 1. The number of hydrogen-bond donors (Lipinski definition) is 2. The Morgan fingerprint density at radius 1 is 1.43 bits per heavy atom. The van der Waals surface area contributed by atoms with Crippen molar-refractivity contribution in [3.8, 4) is 0 Å². The first-order valence-electron chi connectivity index (χ1n) is 3.81. The van der Waals surface area contributed by atoms with Gasteiger partial charge < -0.3 is 5.41 Å². The van der Waals surface area contributed by atoms with Gasteiger partial charge in [-0.15, -0.1) is 0 Å². The third-order valence-corrected chi connectivity index (χ3v) is 1.68. The number of nitrogens with one attached hydrogen (secondary N) is 2. The van der Waals surface area contributed by atoms with E-state index < -0.39 is 0 Å². The molecule has 0 saturated carbocycles. The van der Waals surface area contributed by atoms with Gasteiger partial charge in [0.1, 0.15) is 5.71 Å². The van der Waals surface area contributed by atoms with Crippen LogP contribution in [0.25, 0.3) is 0 Å². The summed E-state index contributed by atoms with van der Waals surface area (Å²) in [7, 11) is 0. The minimum Gasteiger partial charge on any atom is -0.306 e. The van der Waals surface area contributed by atoms with Crippen molar-refractivity contribution in [1.82, 2.24) is 0 Å². The third kappa shape index (κ3) is 2.99. The molecule has 1 aromatic rings. The van der Waals surface area contributed by atoms with Gasteiger partial charge in [-0.05, 0) is 24.3 Å². The van der Waals surface area contributed by atoms with E-state index >= 15 is 0 Å². The van der Waals surface area contributed by atoms with Gasteiger partial charge in [-0.25, -0.2) is 0 Å². The first-order chi connectivity index (χ1) is 6.76. The SMILES string of the molecule is N=C/C(C=O)=N\Nc1ccc(Cl)cc1. The summed E-state index contributed by atoms with van der Waals surface area (Å²) in [6.45, 7) is 0. The lowest BCUT2D eigenvalue weighted by Gasteiger charge is -1.99. The summed E-state index contributed by atoms with van der Waals surface area (Å²) in [4.78, 5) is 10.3. The number of anilines is 1. The van der Waals surface area contributed by atoms with Gasteiger partial charge in [0.25, 0.3) is 0 Å². The molecule has 0 unspecified atom stereocenters. The molecule has 0 aliphatic heterocycles. The molecule has 72 valence electrons. The van der Waals surface area contributed by atoms with Gasteiger partial charge in [0.05, 0.1) is 5.69 Å². The summed E-state index contributed by atoms with van der Waals surface area (Å²) in [5.41, 5.74) is 3.35. The minimum absolute atomic E-state index is 0.0277. The Kier molecular flexibility index (Phi) is 3.82. The number of hydrazone groups is 1. The topological polar surface area (TPSA) is 65.3 Å². The highest BCUT2D eigenvalue weighted by atomic mass is 35.5. The van der Waals surface area contributed by atoms with Gasteiger partial charge in [-0.1, -0.05) is 11.6 Å². The van der Waals surface area contributed by atoms with Crippen LogP contribution in [0, 0.1) is 5.41 Å². The van der Waals surface area contributed by atoms with E-state index in [4.69, 9.17) is 17.0 Å². The van der Waals surface area contributed by atoms with E-state index in [2.05, 4.69) is 10.5 Å². The lowest BCUT2D eigenvalue weighted by atomic mass is 10.3. The summed E-state index contributed by atoms with van der Waals surface area (Å²) in [6, 6.07) is 6.84. The molecule has 2 N–H and O–H groups in total. The molecule has 1 aromatic carbocycles. The highest BCUT2D eigenvalue weighted by molar-refractivity contribution is 6.53. The van der Waals surface area contributed by atoms with E-state index in [9.17, 15) is 4.79 Å². The fourth-order valence-corrected chi connectivity index (χ4v) is 0.872. The quantitative estimate of drug-likeness (QED) is 0.452. The van der Waals surface area contributed by atoms with Crippen molar-refractivity contribution in [3.63, 3.8) is 0 Å². The maximum atomic E-state index is 10.3. The van der Waals surface area contributed by atoms with Crippen LogP contribution in [0.2, 0.25) is 5.02 Å². The third-order valence-electron chi connectivity index (χ3n) is 1.43. The molecular formula is C9H8ClN3O. The molecule has 0 spiro atoms. The first-order valence-corrected chi connectivity index (χ1v) is 4.19. The average Bonchev–Trinajstić information content (AvgIpc) is 2.22.